The summed E-state index contributed by atoms with van der Waals surface area (Å²) in [5, 5.41) is 11.1. The molecule has 0 aliphatic rings. The number of aromatic nitrogens is 2. The minimum absolute atomic E-state index is 0.0532. The molecule has 0 saturated heterocycles. The largest absolute Gasteiger partial charge is 0.478 e. The van der Waals surface area contributed by atoms with Crippen molar-refractivity contribution in [2.75, 3.05) is 11.1 Å². The molecule has 3 rings (SSSR count). The van der Waals surface area contributed by atoms with Crippen LogP contribution in [0.15, 0.2) is 41.2 Å². The lowest BCUT2D eigenvalue weighted by molar-refractivity contribution is -0.136. The molecule has 0 saturated carbocycles. The summed E-state index contributed by atoms with van der Waals surface area (Å²) in [6.45, 7) is -0.235. The zero-order valence-corrected chi connectivity index (χ0v) is 13.6. The number of nitrogen functional groups attached to an aromatic ring is 1. The van der Waals surface area contributed by atoms with Gasteiger partial charge in [0.1, 0.15) is 0 Å². The lowest BCUT2D eigenvalue weighted by Crippen LogP contribution is -2.20. The topological polar surface area (TPSA) is 121 Å². The number of rotatable bonds is 4. The normalized spacial score (nSPS) is 11.5. The van der Waals surface area contributed by atoms with Gasteiger partial charge in [-0.15, -0.1) is 0 Å². The van der Waals surface area contributed by atoms with Gasteiger partial charge < -0.3 is 16.2 Å². The first kappa shape index (κ1) is 18.2. The SMILES string of the molecule is Nc1nc2ccc(CNc3ccc(C(=O)O)cc3)c(C(F)(F)F)c2c(=O)[nH]1. The fourth-order valence-electron chi connectivity index (χ4n) is 2.69. The summed E-state index contributed by atoms with van der Waals surface area (Å²) >= 11 is 0. The quantitative estimate of drug-likeness (QED) is 0.554. The van der Waals surface area contributed by atoms with Crippen LogP contribution < -0.4 is 16.6 Å². The summed E-state index contributed by atoms with van der Waals surface area (Å²) in [4.78, 5) is 28.7. The van der Waals surface area contributed by atoms with E-state index in [9.17, 15) is 22.8 Å². The number of carbonyl (C=O) groups is 1. The Balaban J connectivity index is 2.01. The average Bonchev–Trinajstić information content (AvgIpc) is 2.59. The number of carboxylic acid groups (broad SMARTS) is 1. The van der Waals surface area contributed by atoms with E-state index in [-0.39, 0.29) is 29.1 Å². The molecule has 0 amide bonds. The zero-order valence-electron chi connectivity index (χ0n) is 13.6. The van der Waals surface area contributed by atoms with Gasteiger partial charge in [0.25, 0.3) is 5.56 Å². The maximum absolute atomic E-state index is 13.6. The molecule has 0 bridgehead atoms. The number of carboxylic acids is 1. The number of hydrogen-bond acceptors (Lipinski definition) is 5. The van der Waals surface area contributed by atoms with Crippen molar-refractivity contribution in [3.8, 4) is 0 Å². The first-order valence-electron chi connectivity index (χ1n) is 7.62. The van der Waals surface area contributed by atoms with Crippen molar-refractivity contribution in [1.82, 2.24) is 9.97 Å². The predicted octanol–water partition coefficient (Wildman–Crippen LogP) is 2.83. The number of H-pyrrole nitrogens is 1. The van der Waals surface area contributed by atoms with Gasteiger partial charge >= 0.3 is 12.1 Å². The van der Waals surface area contributed by atoms with E-state index in [2.05, 4.69) is 15.3 Å². The predicted molar refractivity (Wildman–Crippen MR) is 92.5 cm³/mol. The van der Waals surface area contributed by atoms with Crippen LogP contribution in [0.5, 0.6) is 0 Å². The minimum Gasteiger partial charge on any atom is -0.478 e. The lowest BCUT2D eigenvalue weighted by atomic mass is 10.0. The maximum atomic E-state index is 13.6. The molecule has 3 aromatic rings. The Morgan fingerprint density at radius 2 is 1.85 bits per heavy atom. The summed E-state index contributed by atoms with van der Waals surface area (Å²) in [6, 6.07) is 8.04. The highest BCUT2D eigenvalue weighted by atomic mass is 19.4. The molecule has 0 aliphatic heterocycles. The van der Waals surface area contributed by atoms with E-state index in [0.717, 1.165) is 0 Å². The molecule has 2 aromatic carbocycles. The van der Waals surface area contributed by atoms with Crippen LogP contribution in [0, 0.1) is 0 Å². The molecule has 0 unspecified atom stereocenters. The third kappa shape index (κ3) is 3.68. The van der Waals surface area contributed by atoms with Crippen LogP contribution >= 0.6 is 0 Å². The highest BCUT2D eigenvalue weighted by Crippen LogP contribution is 2.36. The number of benzene rings is 2. The van der Waals surface area contributed by atoms with Crippen molar-refractivity contribution >= 4 is 28.5 Å². The molecule has 1 aromatic heterocycles. The second-order valence-electron chi connectivity index (χ2n) is 5.68. The van der Waals surface area contributed by atoms with Gasteiger partial charge in [-0.05, 0) is 35.9 Å². The van der Waals surface area contributed by atoms with Crippen molar-refractivity contribution in [2.45, 2.75) is 12.7 Å². The van der Waals surface area contributed by atoms with Crippen molar-refractivity contribution < 1.29 is 23.1 Å². The number of fused-ring (bicyclic) bond motifs is 1. The van der Waals surface area contributed by atoms with Crippen LogP contribution in [0.1, 0.15) is 21.5 Å². The van der Waals surface area contributed by atoms with Gasteiger partial charge in [-0.2, -0.15) is 13.2 Å². The second-order valence-corrected chi connectivity index (χ2v) is 5.68. The smallest absolute Gasteiger partial charge is 0.417 e. The number of alkyl halides is 3. The number of anilines is 2. The Hall–Kier alpha value is -3.56. The van der Waals surface area contributed by atoms with Gasteiger partial charge in [-0.3, -0.25) is 9.78 Å². The van der Waals surface area contributed by atoms with E-state index in [0.29, 0.717) is 5.69 Å². The lowest BCUT2D eigenvalue weighted by Gasteiger charge is -2.16. The molecule has 5 N–H and O–H groups in total. The van der Waals surface area contributed by atoms with Crippen LogP contribution in [0.3, 0.4) is 0 Å². The molecule has 0 fully saturated rings. The van der Waals surface area contributed by atoms with Crippen molar-refractivity contribution in [3.05, 3.63) is 63.4 Å². The van der Waals surface area contributed by atoms with E-state index in [4.69, 9.17) is 10.8 Å². The molecule has 27 heavy (non-hydrogen) atoms. The van der Waals surface area contributed by atoms with Gasteiger partial charge in [0, 0.05) is 12.2 Å². The van der Waals surface area contributed by atoms with Crippen LogP contribution in [0.2, 0.25) is 0 Å². The van der Waals surface area contributed by atoms with E-state index >= 15 is 0 Å². The molecule has 1 heterocycles. The van der Waals surface area contributed by atoms with Crippen LogP contribution in [-0.2, 0) is 12.7 Å². The third-order valence-corrected chi connectivity index (χ3v) is 3.88. The van der Waals surface area contributed by atoms with Crippen LogP contribution in [0.4, 0.5) is 24.8 Å². The molecular formula is C17H13F3N4O3. The Morgan fingerprint density at radius 1 is 1.19 bits per heavy atom. The van der Waals surface area contributed by atoms with Crippen molar-refractivity contribution in [2.24, 2.45) is 0 Å². The monoisotopic (exact) mass is 378 g/mol. The van der Waals surface area contributed by atoms with Crippen molar-refractivity contribution in [3.63, 3.8) is 0 Å². The third-order valence-electron chi connectivity index (χ3n) is 3.88. The summed E-state index contributed by atoms with van der Waals surface area (Å²) < 4.78 is 40.9. The highest BCUT2D eigenvalue weighted by molar-refractivity contribution is 5.88. The average molecular weight is 378 g/mol. The van der Waals surface area contributed by atoms with Crippen LogP contribution in [0.25, 0.3) is 10.9 Å². The molecule has 140 valence electrons. The number of nitrogens with one attached hydrogen (secondary N) is 2. The Labute approximate surface area is 149 Å². The molecule has 0 radical (unpaired) electrons. The molecule has 0 atom stereocenters. The number of aromatic carboxylic acids is 1. The minimum atomic E-state index is -4.78. The first-order chi connectivity index (χ1) is 12.7. The van der Waals surface area contributed by atoms with E-state index in [1.54, 1.807) is 0 Å². The number of nitrogens with two attached hydrogens (primary N) is 1. The number of hydrogen-bond donors (Lipinski definition) is 4. The zero-order chi connectivity index (χ0) is 19.8. The molecular weight excluding hydrogens is 365 g/mol. The number of halogens is 3. The number of aromatic amines is 1. The Morgan fingerprint density at radius 3 is 2.44 bits per heavy atom. The summed E-state index contributed by atoms with van der Waals surface area (Å²) in [5.74, 6) is -1.38. The Kier molecular flexibility index (Phi) is 4.48. The van der Waals surface area contributed by atoms with Crippen LogP contribution in [-0.4, -0.2) is 21.0 Å². The summed E-state index contributed by atoms with van der Waals surface area (Å²) in [7, 11) is 0. The Bertz CT molecular complexity index is 1080. The standard InChI is InChI=1S/C17H13F3N4O3/c18-17(19,20)13-9(3-6-11-12(13)14(25)24-16(21)23-11)7-22-10-4-1-8(2-5-10)15(26)27/h1-6,22H,7H2,(H,26,27)(H3,21,23,24,25). The fourth-order valence-corrected chi connectivity index (χ4v) is 2.69. The first-order valence-corrected chi connectivity index (χ1v) is 7.62. The molecule has 0 aliphatic carbocycles. The van der Waals surface area contributed by atoms with E-state index in [1.807, 2.05) is 0 Å². The maximum Gasteiger partial charge on any atom is 0.417 e. The highest BCUT2D eigenvalue weighted by Gasteiger charge is 2.36. The summed E-state index contributed by atoms with van der Waals surface area (Å²) in [5.41, 5.74) is 3.49. The number of nitrogens with zero attached hydrogens (tertiary/aromatic N) is 1. The van der Waals surface area contributed by atoms with Crippen molar-refractivity contribution in [1.29, 1.82) is 0 Å². The van der Waals surface area contributed by atoms with Gasteiger partial charge in [-0.1, -0.05) is 6.07 Å². The molecule has 10 heteroatoms. The van der Waals surface area contributed by atoms with Gasteiger partial charge in [0.15, 0.2) is 0 Å². The van der Waals surface area contributed by atoms with Gasteiger partial charge in [0.2, 0.25) is 5.95 Å². The molecule has 0 spiro atoms. The molecule has 7 nitrogen and oxygen atoms in total. The van der Waals surface area contributed by atoms with Gasteiger partial charge in [-0.25, -0.2) is 9.78 Å². The fraction of sp³-hybridized carbons (Fsp3) is 0.118. The van der Waals surface area contributed by atoms with E-state index in [1.165, 1.54) is 36.4 Å². The van der Waals surface area contributed by atoms with Gasteiger partial charge in [0.05, 0.1) is 22.0 Å². The second kappa shape index (κ2) is 6.63. The summed E-state index contributed by atoms with van der Waals surface area (Å²) in [6.07, 6.45) is -4.78. The van der Waals surface area contributed by atoms with E-state index < -0.39 is 28.7 Å².